The summed E-state index contributed by atoms with van der Waals surface area (Å²) in [6, 6.07) is 12.5. The SMILES string of the molecule is Cc1ccccc1CC(NN)c1ccccc1C(F)(F)F. The summed E-state index contributed by atoms with van der Waals surface area (Å²) in [5.74, 6) is 5.50. The molecule has 0 aromatic heterocycles. The second kappa shape index (κ2) is 6.28. The molecule has 3 N–H and O–H groups in total. The largest absolute Gasteiger partial charge is 0.416 e. The average molecular weight is 294 g/mol. The van der Waals surface area contributed by atoms with Crippen LogP contribution >= 0.6 is 0 Å². The van der Waals surface area contributed by atoms with Gasteiger partial charge in [0, 0.05) is 0 Å². The Balaban J connectivity index is 2.37. The molecule has 1 unspecified atom stereocenters. The fourth-order valence-corrected chi connectivity index (χ4v) is 2.38. The Morgan fingerprint density at radius 3 is 2.29 bits per heavy atom. The Hall–Kier alpha value is -1.85. The third kappa shape index (κ3) is 3.62. The maximum Gasteiger partial charge on any atom is 0.416 e. The minimum absolute atomic E-state index is 0.163. The van der Waals surface area contributed by atoms with Crippen molar-refractivity contribution in [1.82, 2.24) is 5.43 Å². The molecule has 5 heteroatoms. The Bertz CT molecular complexity index is 608. The van der Waals surface area contributed by atoms with Gasteiger partial charge in [0.25, 0.3) is 0 Å². The number of hydrogen-bond donors (Lipinski definition) is 2. The molecule has 0 saturated heterocycles. The van der Waals surface area contributed by atoms with Crippen molar-refractivity contribution in [2.45, 2.75) is 25.6 Å². The molecule has 0 fully saturated rings. The molecule has 0 radical (unpaired) electrons. The standard InChI is InChI=1S/C16H17F3N2/c1-11-6-2-3-7-12(11)10-15(21-20)13-8-4-5-9-14(13)16(17,18)19/h2-9,15,21H,10,20H2,1H3. The van der Waals surface area contributed by atoms with Crippen LogP contribution in [0.25, 0.3) is 0 Å². The van der Waals surface area contributed by atoms with Crippen LogP contribution in [0.5, 0.6) is 0 Å². The summed E-state index contributed by atoms with van der Waals surface area (Å²) in [5.41, 5.74) is 4.02. The van der Waals surface area contributed by atoms with E-state index in [1.54, 1.807) is 6.07 Å². The number of nitrogens with two attached hydrogens (primary N) is 1. The third-order valence-corrected chi connectivity index (χ3v) is 3.53. The first kappa shape index (κ1) is 15.5. The van der Waals surface area contributed by atoms with E-state index in [2.05, 4.69) is 5.43 Å². The highest BCUT2D eigenvalue weighted by Gasteiger charge is 2.34. The Morgan fingerprint density at radius 2 is 1.67 bits per heavy atom. The number of benzene rings is 2. The number of rotatable bonds is 4. The average Bonchev–Trinajstić information content (AvgIpc) is 2.45. The number of hydrazine groups is 1. The van der Waals surface area contributed by atoms with Crippen LogP contribution in [0.2, 0.25) is 0 Å². The number of hydrogen-bond acceptors (Lipinski definition) is 2. The molecule has 2 nitrogen and oxygen atoms in total. The van der Waals surface area contributed by atoms with Crippen molar-refractivity contribution in [2.75, 3.05) is 0 Å². The molecule has 2 aromatic rings. The van der Waals surface area contributed by atoms with Gasteiger partial charge in [-0.05, 0) is 36.1 Å². The van der Waals surface area contributed by atoms with Gasteiger partial charge in [0.2, 0.25) is 0 Å². The molecule has 0 bridgehead atoms. The topological polar surface area (TPSA) is 38.0 Å². The predicted molar refractivity (Wildman–Crippen MR) is 76.4 cm³/mol. The van der Waals surface area contributed by atoms with Crippen molar-refractivity contribution in [3.8, 4) is 0 Å². The fourth-order valence-electron chi connectivity index (χ4n) is 2.38. The lowest BCUT2D eigenvalue weighted by Crippen LogP contribution is -2.31. The monoisotopic (exact) mass is 294 g/mol. The normalized spacial score (nSPS) is 13.2. The van der Waals surface area contributed by atoms with Gasteiger partial charge < -0.3 is 0 Å². The zero-order valence-corrected chi connectivity index (χ0v) is 11.6. The highest BCUT2D eigenvalue weighted by molar-refractivity contribution is 5.35. The first-order valence-corrected chi connectivity index (χ1v) is 6.60. The second-order valence-electron chi connectivity index (χ2n) is 4.93. The third-order valence-electron chi connectivity index (χ3n) is 3.53. The lowest BCUT2D eigenvalue weighted by atomic mass is 9.93. The molecule has 1 atom stereocenters. The lowest BCUT2D eigenvalue weighted by Gasteiger charge is -2.21. The van der Waals surface area contributed by atoms with E-state index in [1.165, 1.54) is 12.1 Å². The van der Waals surface area contributed by atoms with Gasteiger partial charge in [0.1, 0.15) is 0 Å². The molecule has 0 amide bonds. The number of nitrogens with one attached hydrogen (secondary N) is 1. The molecule has 112 valence electrons. The molecule has 0 spiro atoms. The van der Waals surface area contributed by atoms with Gasteiger partial charge in [0.05, 0.1) is 11.6 Å². The van der Waals surface area contributed by atoms with Crippen LogP contribution in [-0.2, 0) is 12.6 Å². The highest BCUT2D eigenvalue weighted by atomic mass is 19.4. The van der Waals surface area contributed by atoms with Gasteiger partial charge in [-0.3, -0.25) is 11.3 Å². The molecule has 0 saturated carbocycles. The smallest absolute Gasteiger partial charge is 0.271 e. The molecule has 0 aliphatic heterocycles. The van der Waals surface area contributed by atoms with Gasteiger partial charge in [-0.25, -0.2) is 0 Å². The minimum Gasteiger partial charge on any atom is -0.271 e. The molecular formula is C16H17F3N2. The van der Waals surface area contributed by atoms with Crippen LogP contribution < -0.4 is 11.3 Å². The zero-order valence-electron chi connectivity index (χ0n) is 11.6. The lowest BCUT2D eigenvalue weighted by molar-refractivity contribution is -0.138. The second-order valence-corrected chi connectivity index (χ2v) is 4.93. The summed E-state index contributed by atoms with van der Waals surface area (Å²) < 4.78 is 39.3. The number of halogens is 3. The van der Waals surface area contributed by atoms with Crippen LogP contribution in [0.15, 0.2) is 48.5 Å². The van der Waals surface area contributed by atoms with Gasteiger partial charge in [0.15, 0.2) is 0 Å². The summed E-state index contributed by atoms with van der Waals surface area (Å²) in [4.78, 5) is 0. The first-order chi connectivity index (χ1) is 9.93. The van der Waals surface area contributed by atoms with Crippen LogP contribution in [0.1, 0.15) is 28.3 Å². The van der Waals surface area contributed by atoms with Crippen LogP contribution in [0, 0.1) is 6.92 Å². The van der Waals surface area contributed by atoms with E-state index in [9.17, 15) is 13.2 Å². The van der Waals surface area contributed by atoms with Crippen molar-refractivity contribution in [3.05, 3.63) is 70.8 Å². The Morgan fingerprint density at radius 1 is 1.05 bits per heavy atom. The van der Waals surface area contributed by atoms with Crippen molar-refractivity contribution < 1.29 is 13.2 Å². The number of aryl methyl sites for hydroxylation is 1. The predicted octanol–water partition coefficient (Wildman–Crippen LogP) is 3.76. The van der Waals surface area contributed by atoms with E-state index in [1.807, 2.05) is 31.2 Å². The summed E-state index contributed by atoms with van der Waals surface area (Å²) in [5, 5.41) is 0. The molecule has 0 aliphatic carbocycles. The van der Waals surface area contributed by atoms with Crippen LogP contribution in [0.3, 0.4) is 0 Å². The van der Waals surface area contributed by atoms with E-state index >= 15 is 0 Å². The van der Waals surface area contributed by atoms with E-state index < -0.39 is 17.8 Å². The van der Waals surface area contributed by atoms with Crippen LogP contribution in [0.4, 0.5) is 13.2 Å². The summed E-state index contributed by atoms with van der Waals surface area (Å²) in [6.07, 6.45) is -3.99. The maximum absolute atomic E-state index is 13.1. The van der Waals surface area contributed by atoms with Crippen molar-refractivity contribution in [3.63, 3.8) is 0 Å². The molecule has 21 heavy (non-hydrogen) atoms. The molecule has 0 heterocycles. The van der Waals surface area contributed by atoms with E-state index in [0.29, 0.717) is 6.42 Å². The number of alkyl halides is 3. The fraction of sp³-hybridized carbons (Fsp3) is 0.250. The zero-order chi connectivity index (χ0) is 15.5. The van der Waals surface area contributed by atoms with Gasteiger partial charge >= 0.3 is 6.18 Å². The van der Waals surface area contributed by atoms with E-state index in [0.717, 1.165) is 17.2 Å². The molecule has 0 aliphatic rings. The Kier molecular flexibility index (Phi) is 4.65. The van der Waals surface area contributed by atoms with Gasteiger partial charge in [-0.15, -0.1) is 0 Å². The van der Waals surface area contributed by atoms with Crippen molar-refractivity contribution in [1.29, 1.82) is 0 Å². The van der Waals surface area contributed by atoms with Crippen molar-refractivity contribution in [2.24, 2.45) is 5.84 Å². The maximum atomic E-state index is 13.1. The summed E-state index contributed by atoms with van der Waals surface area (Å²) >= 11 is 0. The quantitative estimate of drug-likeness (QED) is 0.665. The molecule has 2 aromatic carbocycles. The molecule has 2 rings (SSSR count). The van der Waals surface area contributed by atoms with Crippen LogP contribution in [-0.4, -0.2) is 0 Å². The van der Waals surface area contributed by atoms with Gasteiger partial charge in [-0.2, -0.15) is 13.2 Å². The molecular weight excluding hydrogens is 277 g/mol. The van der Waals surface area contributed by atoms with Crippen molar-refractivity contribution >= 4 is 0 Å². The summed E-state index contributed by atoms with van der Waals surface area (Å²) in [6.45, 7) is 1.93. The first-order valence-electron chi connectivity index (χ1n) is 6.60. The summed E-state index contributed by atoms with van der Waals surface area (Å²) in [7, 11) is 0. The van der Waals surface area contributed by atoms with Gasteiger partial charge in [-0.1, -0.05) is 42.5 Å². The highest BCUT2D eigenvalue weighted by Crippen LogP contribution is 2.35. The van der Waals surface area contributed by atoms with E-state index in [4.69, 9.17) is 5.84 Å². The minimum atomic E-state index is -4.39. The van der Waals surface area contributed by atoms with E-state index in [-0.39, 0.29) is 5.56 Å². The Labute approximate surface area is 121 Å².